The van der Waals surface area contributed by atoms with Gasteiger partial charge in [0.05, 0.1) is 0 Å². The second-order valence-electron chi connectivity index (χ2n) is 11.3. The van der Waals surface area contributed by atoms with Gasteiger partial charge in [-0.2, -0.15) is 0 Å². The topological polar surface area (TPSA) is 0 Å². The Bertz CT molecular complexity index is 1120. The van der Waals surface area contributed by atoms with Crippen LogP contribution in [-0.4, -0.2) is 0 Å². The van der Waals surface area contributed by atoms with Crippen LogP contribution in [0, 0.1) is 31.6 Å². The lowest BCUT2D eigenvalue weighted by molar-refractivity contribution is 0.356. The fourth-order valence-corrected chi connectivity index (χ4v) is 6.82. The Morgan fingerprint density at radius 2 is 1.73 bits per heavy atom. The third kappa shape index (κ3) is 4.42. The molecule has 0 N–H and O–H groups in total. The minimum Gasteiger partial charge on any atom is -0.0992 e. The maximum absolute atomic E-state index is 4.42. The molecule has 0 heterocycles. The monoisotopic (exact) mass is 436 g/mol. The molecule has 0 saturated heterocycles. The molecule has 0 aromatic heterocycles. The van der Waals surface area contributed by atoms with Crippen molar-refractivity contribution >= 4 is 6.08 Å². The van der Waals surface area contributed by atoms with Gasteiger partial charge in [0.25, 0.3) is 0 Å². The van der Waals surface area contributed by atoms with Gasteiger partial charge >= 0.3 is 0 Å². The van der Waals surface area contributed by atoms with Crippen LogP contribution in [-0.2, 0) is 12.8 Å². The van der Waals surface area contributed by atoms with E-state index in [0.717, 1.165) is 25.2 Å². The van der Waals surface area contributed by atoms with Gasteiger partial charge in [-0.15, -0.1) is 0 Å². The number of benzene rings is 2. The molecule has 33 heavy (non-hydrogen) atoms. The Kier molecular flexibility index (Phi) is 6.21. The molecule has 2 aromatic carbocycles. The van der Waals surface area contributed by atoms with Crippen LogP contribution in [0.4, 0.5) is 0 Å². The number of hydrogen-bond acceptors (Lipinski definition) is 0. The van der Waals surface area contributed by atoms with Gasteiger partial charge in [0, 0.05) is 5.92 Å². The fraction of sp³-hybridized carbons (Fsp3) is 0.455. The van der Waals surface area contributed by atoms with Crippen molar-refractivity contribution in [3.05, 3.63) is 88.0 Å². The molecular formula is C33H40. The van der Waals surface area contributed by atoms with Crippen molar-refractivity contribution in [2.45, 2.75) is 78.6 Å². The van der Waals surface area contributed by atoms with E-state index in [9.17, 15) is 0 Å². The smallest absolute Gasteiger partial charge is 0.00419 e. The highest BCUT2D eigenvalue weighted by molar-refractivity contribution is 5.80. The van der Waals surface area contributed by atoms with Crippen LogP contribution in [0.2, 0.25) is 0 Å². The molecule has 0 amide bonds. The molecule has 3 aliphatic rings. The van der Waals surface area contributed by atoms with Crippen LogP contribution in [0.15, 0.2) is 60.2 Å². The summed E-state index contributed by atoms with van der Waals surface area (Å²) >= 11 is 0. The minimum atomic E-state index is 0.465. The predicted molar refractivity (Wildman–Crippen MR) is 143 cm³/mol. The number of allylic oxidation sites excluding steroid dienone is 3. The zero-order chi connectivity index (χ0) is 23.1. The molecule has 2 fully saturated rings. The standard InChI is InChI=1S/C33H40/c1-21-14-23(3)31(18-26-10-7-6-8-11-26)33(15-21)29-13-9-12-28-17-27(20-32(28)29)19-30-24(4)16-22(2)25(30)5/h9,12-15,17,22,26,30H,4-8,10-11,16,18-20H2,1-3H3. The van der Waals surface area contributed by atoms with Gasteiger partial charge < -0.3 is 0 Å². The summed E-state index contributed by atoms with van der Waals surface area (Å²) in [6.45, 7) is 15.7. The van der Waals surface area contributed by atoms with E-state index in [4.69, 9.17) is 0 Å². The largest absolute Gasteiger partial charge is 0.0992 e. The molecule has 172 valence electrons. The molecule has 0 spiro atoms. The lowest BCUT2D eigenvalue weighted by atomic mass is 9.80. The molecule has 2 unspecified atom stereocenters. The van der Waals surface area contributed by atoms with Gasteiger partial charge in [-0.05, 0) is 84.7 Å². The molecule has 0 bridgehead atoms. The molecular weight excluding hydrogens is 396 g/mol. The normalized spacial score (nSPS) is 23.2. The summed E-state index contributed by atoms with van der Waals surface area (Å²) in [7, 11) is 0. The van der Waals surface area contributed by atoms with Crippen molar-refractivity contribution in [1.82, 2.24) is 0 Å². The number of rotatable bonds is 5. The quantitative estimate of drug-likeness (QED) is 0.410. The average Bonchev–Trinajstić information content (AvgIpc) is 3.31. The second-order valence-corrected chi connectivity index (χ2v) is 11.3. The van der Waals surface area contributed by atoms with Crippen LogP contribution in [0.5, 0.6) is 0 Å². The van der Waals surface area contributed by atoms with Crippen LogP contribution in [0.25, 0.3) is 17.2 Å². The fourth-order valence-electron chi connectivity index (χ4n) is 6.82. The molecule has 2 aromatic rings. The summed E-state index contributed by atoms with van der Waals surface area (Å²) in [4.78, 5) is 0. The van der Waals surface area contributed by atoms with Crippen LogP contribution in [0.3, 0.4) is 0 Å². The van der Waals surface area contributed by atoms with E-state index in [1.165, 1.54) is 83.1 Å². The third-order valence-corrected chi connectivity index (χ3v) is 8.71. The predicted octanol–water partition coefficient (Wildman–Crippen LogP) is 9.19. The van der Waals surface area contributed by atoms with Crippen molar-refractivity contribution in [1.29, 1.82) is 0 Å². The highest BCUT2D eigenvalue weighted by Crippen LogP contribution is 2.45. The number of fused-ring (bicyclic) bond motifs is 1. The van der Waals surface area contributed by atoms with Crippen LogP contribution < -0.4 is 0 Å². The number of hydrogen-bond donors (Lipinski definition) is 0. The summed E-state index contributed by atoms with van der Waals surface area (Å²) in [5, 5.41) is 0. The van der Waals surface area contributed by atoms with Gasteiger partial charge in [-0.1, -0.05) is 111 Å². The first-order valence-electron chi connectivity index (χ1n) is 13.2. The zero-order valence-corrected chi connectivity index (χ0v) is 21.0. The van der Waals surface area contributed by atoms with Crippen LogP contribution >= 0.6 is 0 Å². The van der Waals surface area contributed by atoms with E-state index >= 15 is 0 Å². The van der Waals surface area contributed by atoms with Gasteiger partial charge in [-0.25, -0.2) is 0 Å². The Morgan fingerprint density at radius 1 is 0.939 bits per heavy atom. The van der Waals surface area contributed by atoms with Gasteiger partial charge in [-0.3, -0.25) is 0 Å². The molecule has 2 atom stereocenters. The highest BCUT2D eigenvalue weighted by Gasteiger charge is 2.31. The molecule has 3 aliphatic carbocycles. The Morgan fingerprint density at radius 3 is 2.45 bits per heavy atom. The van der Waals surface area contributed by atoms with Gasteiger partial charge in [0.15, 0.2) is 0 Å². The Balaban J connectivity index is 1.45. The lowest BCUT2D eigenvalue weighted by Gasteiger charge is -2.25. The van der Waals surface area contributed by atoms with Gasteiger partial charge in [0.1, 0.15) is 0 Å². The van der Waals surface area contributed by atoms with E-state index in [0.29, 0.717) is 11.8 Å². The first kappa shape index (κ1) is 22.5. The SMILES string of the molecule is C=C1CC(C)C(=C)C1CC1=Cc2cccc(-c3cc(C)cc(C)c3CC3CCCCC3)c2C1. The molecule has 0 radical (unpaired) electrons. The van der Waals surface area contributed by atoms with E-state index in [1.807, 2.05) is 0 Å². The molecule has 0 nitrogen and oxygen atoms in total. The third-order valence-electron chi connectivity index (χ3n) is 8.71. The maximum Gasteiger partial charge on any atom is 0.00419 e. The van der Waals surface area contributed by atoms with Crippen molar-refractivity contribution in [2.75, 3.05) is 0 Å². The summed E-state index contributed by atoms with van der Waals surface area (Å²) in [6, 6.07) is 11.8. The van der Waals surface area contributed by atoms with Crippen LogP contribution in [0.1, 0.15) is 79.7 Å². The minimum absolute atomic E-state index is 0.465. The van der Waals surface area contributed by atoms with E-state index in [2.05, 4.69) is 70.3 Å². The average molecular weight is 437 g/mol. The van der Waals surface area contributed by atoms with Gasteiger partial charge in [0.2, 0.25) is 0 Å². The first-order valence-corrected chi connectivity index (χ1v) is 13.2. The first-order chi connectivity index (χ1) is 15.9. The molecule has 5 rings (SSSR count). The van der Waals surface area contributed by atoms with Crippen molar-refractivity contribution in [3.63, 3.8) is 0 Å². The zero-order valence-electron chi connectivity index (χ0n) is 21.0. The molecule has 2 saturated carbocycles. The maximum atomic E-state index is 4.42. The Labute approximate surface area is 201 Å². The van der Waals surface area contributed by atoms with E-state index < -0.39 is 0 Å². The molecule has 0 aliphatic heterocycles. The summed E-state index contributed by atoms with van der Waals surface area (Å²) in [6.07, 6.45) is 14.0. The van der Waals surface area contributed by atoms with Crippen molar-refractivity contribution in [3.8, 4) is 11.1 Å². The van der Waals surface area contributed by atoms with E-state index in [1.54, 1.807) is 11.1 Å². The summed E-state index contributed by atoms with van der Waals surface area (Å²) < 4.78 is 0. The highest BCUT2D eigenvalue weighted by atomic mass is 14.4. The number of aryl methyl sites for hydroxylation is 2. The van der Waals surface area contributed by atoms with Crippen molar-refractivity contribution in [2.24, 2.45) is 17.8 Å². The Hall–Kier alpha value is -2.34. The second kappa shape index (κ2) is 9.13. The van der Waals surface area contributed by atoms with Crippen molar-refractivity contribution < 1.29 is 0 Å². The molecule has 0 heteroatoms. The lowest BCUT2D eigenvalue weighted by Crippen LogP contribution is -2.11. The summed E-state index contributed by atoms with van der Waals surface area (Å²) in [5.41, 5.74) is 14.7. The van der Waals surface area contributed by atoms with E-state index in [-0.39, 0.29) is 0 Å². The summed E-state index contributed by atoms with van der Waals surface area (Å²) in [5.74, 6) is 1.90.